The van der Waals surface area contributed by atoms with Gasteiger partial charge in [-0.05, 0) is 127 Å². The third-order valence-electron chi connectivity index (χ3n) is 9.92. The molecule has 8 aromatic rings. The molecule has 2 heterocycles. The molecule has 0 aliphatic carbocycles. The van der Waals surface area contributed by atoms with Gasteiger partial charge in [0.1, 0.15) is 11.4 Å². The number of nitrogens with zero attached hydrogens (tertiary/aromatic N) is 8. The maximum absolute atomic E-state index is 6.03. The van der Waals surface area contributed by atoms with Crippen LogP contribution in [-0.2, 0) is 12.8 Å². The van der Waals surface area contributed by atoms with Gasteiger partial charge in [-0.3, -0.25) is 0 Å². The van der Waals surface area contributed by atoms with Crippen LogP contribution in [0.25, 0.3) is 33.9 Å². The van der Waals surface area contributed by atoms with Crippen LogP contribution in [0.4, 0.5) is 0 Å². The Bertz CT molecular complexity index is 2570. The summed E-state index contributed by atoms with van der Waals surface area (Å²) >= 11 is 0. The van der Waals surface area contributed by atoms with E-state index in [0.29, 0.717) is 70.4 Å². The Morgan fingerprint density at radius 1 is 0.410 bits per heavy atom. The van der Waals surface area contributed by atoms with Crippen LogP contribution in [0.1, 0.15) is 22.8 Å². The van der Waals surface area contributed by atoms with Crippen molar-refractivity contribution < 1.29 is 50.4 Å². The van der Waals surface area contributed by atoms with Gasteiger partial charge in [0.05, 0.1) is 65.7 Å². The topological polar surface area (TPSA) is 125 Å². The normalized spacial score (nSPS) is 10.8. The van der Waals surface area contributed by atoms with Crippen LogP contribution >= 0.6 is 0 Å². The molecule has 8 rings (SSSR count). The molecule has 0 N–H and O–H groups in total. The van der Waals surface area contributed by atoms with Crippen molar-refractivity contribution in [1.29, 1.82) is 0 Å². The zero-order valence-electron chi connectivity index (χ0n) is 34.5. The summed E-state index contributed by atoms with van der Waals surface area (Å²) in [7, 11) is 9.77. The number of aromatic nitrogens is 8. The molecule has 0 aliphatic heterocycles. The molecule has 0 unspecified atom stereocenters. The van der Waals surface area contributed by atoms with E-state index in [1.807, 2.05) is 133 Å². The maximum atomic E-state index is 6.03. The smallest absolute Gasteiger partial charge is 0.313 e. The van der Waals surface area contributed by atoms with Crippen molar-refractivity contribution in [2.24, 2.45) is 0 Å². The molecule has 0 saturated carbocycles. The summed E-state index contributed by atoms with van der Waals surface area (Å²) in [6, 6.07) is 43.3. The molecule has 0 saturated heterocycles. The lowest BCUT2D eigenvalue weighted by atomic mass is 10.0. The van der Waals surface area contributed by atoms with Crippen molar-refractivity contribution in [2.75, 3.05) is 42.7 Å². The summed E-state index contributed by atoms with van der Waals surface area (Å²) in [4.78, 5) is 7.05. The van der Waals surface area contributed by atoms with E-state index in [1.54, 1.807) is 61.8 Å². The van der Waals surface area contributed by atoms with Crippen LogP contribution in [0.15, 0.2) is 133 Å². The molecule has 0 fully saturated rings. The maximum Gasteiger partial charge on any atom is 0.313 e. The molecule has 310 valence electrons. The average molecular weight is 840 g/mol. The number of ether oxygens (including phenoxy) is 6. The molecule has 0 spiro atoms. The number of tetrazole rings is 2. The van der Waals surface area contributed by atoms with Crippen LogP contribution < -0.4 is 50.4 Å². The monoisotopic (exact) mass is 839 g/mol. The van der Waals surface area contributed by atoms with E-state index in [9.17, 15) is 0 Å². The summed E-state index contributed by atoms with van der Waals surface area (Å²) in [6.07, 6.45) is 0.918. The molecule has 0 aliphatic rings. The van der Waals surface area contributed by atoms with Gasteiger partial charge in [0, 0.05) is 9.59 Å². The van der Waals surface area contributed by atoms with Crippen LogP contribution in [0.2, 0.25) is 0 Å². The van der Waals surface area contributed by atoms with Crippen molar-refractivity contribution >= 4 is 0 Å². The summed E-state index contributed by atoms with van der Waals surface area (Å²) in [5.41, 5.74) is 6.83. The second-order valence-electron chi connectivity index (χ2n) is 13.6. The van der Waals surface area contributed by atoms with Gasteiger partial charge in [0.25, 0.3) is 0 Å². The lowest BCUT2D eigenvalue weighted by molar-refractivity contribution is -0.735. The highest BCUT2D eigenvalue weighted by molar-refractivity contribution is 5.70. The van der Waals surface area contributed by atoms with Crippen molar-refractivity contribution in [3.05, 3.63) is 156 Å². The van der Waals surface area contributed by atoms with Crippen LogP contribution in [0.3, 0.4) is 0 Å². The Balaban J connectivity index is 0.00000561. The van der Waals surface area contributed by atoms with Gasteiger partial charge in [-0.1, -0.05) is 48.5 Å². The molecular formula is C46H44ClN8O6+. The molecule has 0 bridgehead atoms. The van der Waals surface area contributed by atoms with Crippen LogP contribution in [0.5, 0.6) is 34.5 Å². The van der Waals surface area contributed by atoms with E-state index < -0.39 is 0 Å². The quantitative estimate of drug-likeness (QED) is 0.142. The third-order valence-corrected chi connectivity index (χ3v) is 9.92. The first-order chi connectivity index (χ1) is 29.4. The lowest BCUT2D eigenvalue weighted by Gasteiger charge is -2.11. The summed E-state index contributed by atoms with van der Waals surface area (Å²) < 4.78 is 34.0. The number of benzene rings is 6. The van der Waals surface area contributed by atoms with E-state index in [1.165, 1.54) is 0 Å². The van der Waals surface area contributed by atoms with Crippen molar-refractivity contribution in [3.63, 3.8) is 0 Å². The fourth-order valence-electron chi connectivity index (χ4n) is 6.95. The SMILES string of the molecule is COc1ccc(Cc2nn(-c3ccccc3)[n+](-c3ccc(-c4ccc(-[n+]5nc(Cc6ccc(OC)c(OC)c6)nn5-c5ccccc5)c(OC)c4)cc3OC)n2)cc1OC.[Cl-]. The Morgan fingerprint density at radius 3 is 1.15 bits per heavy atom. The number of hydrogen-bond donors (Lipinski definition) is 0. The predicted octanol–water partition coefficient (Wildman–Crippen LogP) is 3.31. The molecule has 0 radical (unpaired) electrons. The fraction of sp³-hybridized carbons (Fsp3) is 0.174. The molecular weight excluding hydrogens is 796 g/mol. The summed E-state index contributed by atoms with van der Waals surface area (Å²) in [5.74, 6) is 4.99. The Morgan fingerprint density at radius 2 is 0.787 bits per heavy atom. The molecule has 61 heavy (non-hydrogen) atoms. The Labute approximate surface area is 359 Å². The molecule has 14 nitrogen and oxygen atoms in total. The minimum absolute atomic E-state index is 0. The number of rotatable bonds is 15. The first-order valence-corrected chi connectivity index (χ1v) is 19.1. The van der Waals surface area contributed by atoms with Gasteiger partial charge in [-0.2, -0.15) is 0 Å². The Kier molecular flexibility index (Phi) is 12.7. The number of halogens is 1. The second kappa shape index (κ2) is 18.6. The first-order valence-electron chi connectivity index (χ1n) is 19.1. The minimum Gasteiger partial charge on any atom is -1.00 e. The highest BCUT2D eigenvalue weighted by Crippen LogP contribution is 2.33. The zero-order chi connectivity index (χ0) is 41.6. The second-order valence-corrected chi connectivity index (χ2v) is 13.6. The number of methoxy groups -OCH3 is 6. The van der Waals surface area contributed by atoms with E-state index in [2.05, 4.69) is 0 Å². The van der Waals surface area contributed by atoms with Gasteiger partial charge >= 0.3 is 11.6 Å². The highest BCUT2D eigenvalue weighted by Gasteiger charge is 2.28. The summed E-state index contributed by atoms with van der Waals surface area (Å²) in [5, 5.41) is 19.8. The molecule has 15 heteroatoms. The largest absolute Gasteiger partial charge is 1.00 e. The van der Waals surface area contributed by atoms with Crippen molar-refractivity contribution in [2.45, 2.75) is 12.8 Å². The zero-order valence-corrected chi connectivity index (χ0v) is 35.3. The fourth-order valence-corrected chi connectivity index (χ4v) is 6.95. The molecule has 6 aromatic carbocycles. The lowest BCUT2D eigenvalue weighted by Crippen LogP contribution is -3.00. The van der Waals surface area contributed by atoms with Crippen molar-refractivity contribution in [3.8, 4) is 68.4 Å². The van der Waals surface area contributed by atoms with Crippen LogP contribution in [-0.4, -0.2) is 72.6 Å². The van der Waals surface area contributed by atoms with E-state index in [4.69, 9.17) is 48.8 Å². The molecule has 0 atom stereocenters. The summed E-state index contributed by atoms with van der Waals surface area (Å²) in [6.45, 7) is 0. The molecule has 2 aromatic heterocycles. The van der Waals surface area contributed by atoms with E-state index in [0.717, 1.165) is 33.6 Å². The van der Waals surface area contributed by atoms with Crippen molar-refractivity contribution in [1.82, 2.24) is 30.0 Å². The van der Waals surface area contributed by atoms with Crippen LogP contribution in [0, 0.1) is 0 Å². The van der Waals surface area contributed by atoms with E-state index in [-0.39, 0.29) is 12.4 Å². The standard InChI is InChI=1S/C46H44N8O6.ClH/c1-55-39-23-17-31(25-43(39)59-5)27-45-47-51(35-13-9-7-10-14-35)53(49-45)37-21-19-33(29-41(37)57-3)34-20-22-38(42(30-34)58-4)54-50-46(48-52(54)36-15-11-8-12-16-36)28-32-18-24-40(56-2)44(26-32)60-6;/h7-26,29-30H,27-28H2,1-6H3;1H/q+2;/p-1. The van der Waals surface area contributed by atoms with Gasteiger partial charge < -0.3 is 40.8 Å². The predicted molar refractivity (Wildman–Crippen MR) is 223 cm³/mol. The van der Waals surface area contributed by atoms with Gasteiger partial charge in [-0.15, -0.1) is 0 Å². The van der Waals surface area contributed by atoms with E-state index >= 15 is 0 Å². The highest BCUT2D eigenvalue weighted by atomic mass is 35.5. The molecule has 0 amide bonds. The minimum atomic E-state index is 0. The number of para-hydroxylation sites is 2. The van der Waals surface area contributed by atoms with Gasteiger partial charge in [-0.25, -0.2) is 0 Å². The first kappa shape index (κ1) is 41.7. The third kappa shape index (κ3) is 8.66. The average Bonchev–Trinajstić information content (AvgIpc) is 3.93. The van der Waals surface area contributed by atoms with Gasteiger partial charge in [0.2, 0.25) is 11.4 Å². The van der Waals surface area contributed by atoms with Gasteiger partial charge in [0.15, 0.2) is 34.5 Å². The number of hydrogen-bond acceptors (Lipinski definition) is 10. The Hall–Kier alpha value is -7.45.